The van der Waals surface area contributed by atoms with Crippen LogP contribution in [-0.4, -0.2) is 29.6 Å². The molecule has 0 saturated heterocycles. The fourth-order valence-electron chi connectivity index (χ4n) is 2.86. The molecule has 0 atom stereocenters. The predicted molar refractivity (Wildman–Crippen MR) is 146 cm³/mol. The first-order valence-corrected chi connectivity index (χ1v) is 12.8. The van der Waals surface area contributed by atoms with Crippen LogP contribution in [0.5, 0.6) is 11.5 Å². The number of ether oxygens (including phenoxy) is 2. The molecular formula is C23H20Br3N3O4S. The van der Waals surface area contributed by atoms with E-state index < -0.39 is 11.8 Å². The van der Waals surface area contributed by atoms with E-state index in [1.54, 1.807) is 24.3 Å². The fourth-order valence-corrected chi connectivity index (χ4v) is 4.46. The molecule has 11 heteroatoms. The van der Waals surface area contributed by atoms with Gasteiger partial charge in [-0.2, -0.15) is 0 Å². The maximum absolute atomic E-state index is 12.4. The first kappa shape index (κ1) is 26.4. The summed E-state index contributed by atoms with van der Waals surface area (Å²) in [5, 5.41) is 4.42. The van der Waals surface area contributed by atoms with E-state index in [1.165, 1.54) is 0 Å². The van der Waals surface area contributed by atoms with Crippen molar-refractivity contribution in [3.05, 3.63) is 67.5 Å². The average Bonchev–Trinajstić information content (AvgIpc) is 2.78. The smallest absolute Gasteiger partial charge is 0.276 e. The Labute approximate surface area is 227 Å². The number of fused-ring (bicyclic) bond motifs is 1. The molecule has 0 saturated carbocycles. The van der Waals surface area contributed by atoms with E-state index in [9.17, 15) is 9.59 Å². The lowest BCUT2D eigenvalue weighted by Crippen LogP contribution is -2.49. The number of carbonyl (C=O) groups excluding carboxylic acids is 2. The van der Waals surface area contributed by atoms with Crippen LogP contribution in [0.1, 0.15) is 24.2 Å². The zero-order valence-corrected chi connectivity index (χ0v) is 23.7. The van der Waals surface area contributed by atoms with Crippen LogP contribution in [0.3, 0.4) is 0 Å². The number of rotatable bonds is 6. The van der Waals surface area contributed by atoms with Crippen molar-refractivity contribution in [1.82, 2.24) is 16.2 Å². The molecule has 3 aromatic rings. The molecule has 2 amide bonds. The van der Waals surface area contributed by atoms with Gasteiger partial charge in [0.25, 0.3) is 11.8 Å². The zero-order valence-electron chi connectivity index (χ0n) is 18.1. The Bertz CT molecular complexity index is 1250. The third-order valence-electron chi connectivity index (χ3n) is 4.34. The van der Waals surface area contributed by atoms with Gasteiger partial charge in [-0.05, 0) is 105 Å². The van der Waals surface area contributed by atoms with Crippen LogP contribution in [0.15, 0.2) is 61.9 Å². The van der Waals surface area contributed by atoms with Gasteiger partial charge in [-0.25, -0.2) is 0 Å². The molecule has 0 aromatic heterocycles. The quantitative estimate of drug-likeness (QED) is 0.232. The Kier molecular flexibility index (Phi) is 9.29. The lowest BCUT2D eigenvalue weighted by molar-refractivity contribution is -0.123. The van der Waals surface area contributed by atoms with E-state index in [4.69, 9.17) is 21.7 Å². The third kappa shape index (κ3) is 7.14. The molecule has 34 heavy (non-hydrogen) atoms. The van der Waals surface area contributed by atoms with Gasteiger partial charge in [0.2, 0.25) is 0 Å². The SMILES string of the molecule is CC(C)Oc1ccc(C(=O)NC(=S)NNC(=O)COc2ccc3cc(Br)ccc3c2Br)cc1Br. The van der Waals surface area contributed by atoms with Crippen LogP contribution in [0.25, 0.3) is 10.8 Å². The summed E-state index contributed by atoms with van der Waals surface area (Å²) >= 11 is 15.4. The predicted octanol–water partition coefficient (Wildman–Crippen LogP) is 5.63. The highest BCUT2D eigenvalue weighted by molar-refractivity contribution is 9.11. The Morgan fingerprint density at radius 2 is 1.71 bits per heavy atom. The van der Waals surface area contributed by atoms with Crippen molar-refractivity contribution < 1.29 is 19.1 Å². The topological polar surface area (TPSA) is 88.7 Å². The summed E-state index contributed by atoms with van der Waals surface area (Å²) in [6, 6.07) is 14.5. The number of hydrazine groups is 1. The van der Waals surface area contributed by atoms with Crippen LogP contribution in [0, 0.1) is 0 Å². The molecule has 0 unspecified atom stereocenters. The molecule has 3 rings (SSSR count). The number of amides is 2. The Morgan fingerprint density at radius 1 is 0.971 bits per heavy atom. The highest BCUT2D eigenvalue weighted by atomic mass is 79.9. The Morgan fingerprint density at radius 3 is 2.41 bits per heavy atom. The van der Waals surface area contributed by atoms with Crippen molar-refractivity contribution in [1.29, 1.82) is 0 Å². The standard InChI is InChI=1S/C23H20Br3N3O4S/c1-12(2)33-18-7-4-14(10-17(18)25)22(31)27-23(34)29-28-20(30)11-32-19-8-3-13-9-15(24)5-6-16(13)21(19)26/h3-10,12H,11H2,1-2H3,(H,28,30)(H2,27,29,31,34). The summed E-state index contributed by atoms with van der Waals surface area (Å²) in [5.74, 6) is 0.241. The zero-order chi connectivity index (χ0) is 24.8. The van der Waals surface area contributed by atoms with Gasteiger partial charge < -0.3 is 9.47 Å². The number of hydrogen-bond acceptors (Lipinski definition) is 5. The third-order valence-corrected chi connectivity index (χ3v) is 6.47. The maximum Gasteiger partial charge on any atom is 0.276 e. The second kappa shape index (κ2) is 12.0. The summed E-state index contributed by atoms with van der Waals surface area (Å²) in [6.45, 7) is 3.57. The number of benzene rings is 3. The summed E-state index contributed by atoms with van der Waals surface area (Å²) in [4.78, 5) is 24.6. The van der Waals surface area contributed by atoms with Gasteiger partial charge >= 0.3 is 0 Å². The van der Waals surface area contributed by atoms with Gasteiger partial charge in [0, 0.05) is 10.0 Å². The van der Waals surface area contributed by atoms with E-state index in [-0.39, 0.29) is 17.8 Å². The van der Waals surface area contributed by atoms with Crippen molar-refractivity contribution in [2.24, 2.45) is 0 Å². The number of nitrogens with one attached hydrogen (secondary N) is 3. The highest BCUT2D eigenvalue weighted by Crippen LogP contribution is 2.34. The fraction of sp³-hybridized carbons (Fsp3) is 0.174. The minimum Gasteiger partial charge on any atom is -0.490 e. The van der Waals surface area contributed by atoms with Crippen LogP contribution in [0.2, 0.25) is 0 Å². The molecule has 178 valence electrons. The van der Waals surface area contributed by atoms with Gasteiger partial charge in [-0.3, -0.25) is 25.8 Å². The Balaban J connectivity index is 1.48. The van der Waals surface area contributed by atoms with Crippen molar-refractivity contribution in [3.8, 4) is 11.5 Å². The molecule has 7 nitrogen and oxygen atoms in total. The maximum atomic E-state index is 12.4. The van der Waals surface area contributed by atoms with E-state index in [2.05, 4.69) is 64.0 Å². The number of hydrogen-bond donors (Lipinski definition) is 3. The molecule has 0 bridgehead atoms. The normalized spacial score (nSPS) is 10.6. The lowest BCUT2D eigenvalue weighted by atomic mass is 10.1. The van der Waals surface area contributed by atoms with Crippen LogP contribution < -0.4 is 25.6 Å². The van der Waals surface area contributed by atoms with Crippen molar-refractivity contribution >= 4 is 87.7 Å². The molecule has 0 heterocycles. The van der Waals surface area contributed by atoms with E-state index in [0.29, 0.717) is 21.5 Å². The van der Waals surface area contributed by atoms with Crippen molar-refractivity contribution in [2.45, 2.75) is 20.0 Å². The van der Waals surface area contributed by atoms with E-state index in [0.717, 1.165) is 19.7 Å². The van der Waals surface area contributed by atoms with Crippen LogP contribution >= 0.6 is 60.0 Å². The lowest BCUT2D eigenvalue weighted by Gasteiger charge is -2.14. The monoisotopic (exact) mass is 671 g/mol. The molecule has 0 radical (unpaired) electrons. The number of thiocarbonyl (C=S) groups is 1. The second-order valence-electron chi connectivity index (χ2n) is 7.30. The van der Waals surface area contributed by atoms with Gasteiger partial charge in [0.1, 0.15) is 11.5 Å². The minimum atomic E-state index is -0.475. The van der Waals surface area contributed by atoms with E-state index >= 15 is 0 Å². The summed E-state index contributed by atoms with van der Waals surface area (Å²) in [5.41, 5.74) is 5.25. The molecule has 0 fully saturated rings. The first-order chi connectivity index (χ1) is 16.1. The molecular weight excluding hydrogens is 654 g/mol. The van der Waals surface area contributed by atoms with Crippen LogP contribution in [0.4, 0.5) is 0 Å². The van der Waals surface area contributed by atoms with Crippen LogP contribution in [-0.2, 0) is 4.79 Å². The van der Waals surface area contributed by atoms with Gasteiger partial charge in [0.05, 0.1) is 15.0 Å². The molecule has 0 spiro atoms. The minimum absolute atomic E-state index is 0.00474. The largest absolute Gasteiger partial charge is 0.490 e. The number of carbonyl (C=O) groups is 2. The molecule has 0 aliphatic heterocycles. The van der Waals surface area contributed by atoms with Gasteiger partial charge in [0.15, 0.2) is 11.7 Å². The molecule has 0 aliphatic rings. The summed E-state index contributed by atoms with van der Waals surface area (Å²) in [6.07, 6.45) is 0.00474. The second-order valence-corrected chi connectivity index (χ2v) is 10.3. The summed E-state index contributed by atoms with van der Waals surface area (Å²) in [7, 11) is 0. The van der Waals surface area contributed by atoms with Crippen molar-refractivity contribution in [3.63, 3.8) is 0 Å². The van der Waals surface area contributed by atoms with Gasteiger partial charge in [-0.15, -0.1) is 0 Å². The van der Waals surface area contributed by atoms with Crippen molar-refractivity contribution in [2.75, 3.05) is 6.61 Å². The molecule has 3 N–H and O–H groups in total. The Hall–Kier alpha value is -2.21. The summed E-state index contributed by atoms with van der Waals surface area (Å²) < 4.78 is 13.6. The first-order valence-electron chi connectivity index (χ1n) is 10.0. The van der Waals surface area contributed by atoms with E-state index in [1.807, 2.05) is 38.1 Å². The highest BCUT2D eigenvalue weighted by Gasteiger charge is 2.13. The molecule has 3 aromatic carbocycles. The number of halogens is 3. The molecule has 0 aliphatic carbocycles. The average molecular weight is 674 g/mol. The van der Waals surface area contributed by atoms with Gasteiger partial charge in [-0.1, -0.05) is 28.1 Å².